The Balaban J connectivity index is 1.35. The minimum atomic E-state index is 0.0469. The first-order valence-corrected chi connectivity index (χ1v) is 13.1. The molecule has 0 saturated carbocycles. The van der Waals surface area contributed by atoms with E-state index in [0.717, 1.165) is 46.3 Å². The summed E-state index contributed by atoms with van der Waals surface area (Å²) in [5.41, 5.74) is 7.46. The maximum absolute atomic E-state index is 13.8. The number of hydrogen-bond acceptors (Lipinski definition) is 3. The van der Waals surface area contributed by atoms with E-state index < -0.39 is 0 Å². The van der Waals surface area contributed by atoms with E-state index in [1.54, 1.807) is 0 Å². The Hall–Kier alpha value is -4.09. The van der Waals surface area contributed by atoms with Crippen molar-refractivity contribution < 1.29 is 4.79 Å². The van der Waals surface area contributed by atoms with Crippen molar-refractivity contribution in [1.82, 2.24) is 9.55 Å². The Kier molecular flexibility index (Phi) is 6.14. The Morgan fingerprint density at radius 1 is 0.722 bits per heavy atom. The molecule has 0 saturated heterocycles. The molecule has 5 heteroatoms. The number of rotatable bonds is 5. The third-order valence-electron chi connectivity index (χ3n) is 6.52. The summed E-state index contributed by atoms with van der Waals surface area (Å²) in [6, 6.07) is 36.9. The van der Waals surface area contributed by atoms with Crippen LogP contribution in [0.15, 0.2) is 121 Å². The van der Waals surface area contributed by atoms with Crippen LogP contribution in [-0.2, 0) is 17.6 Å². The molecule has 0 N–H and O–H groups in total. The van der Waals surface area contributed by atoms with Gasteiger partial charge < -0.3 is 0 Å². The maximum Gasteiger partial charge on any atom is 0.242 e. The highest BCUT2D eigenvalue weighted by molar-refractivity contribution is 7.99. The van der Waals surface area contributed by atoms with Gasteiger partial charge >= 0.3 is 0 Å². The van der Waals surface area contributed by atoms with Crippen LogP contribution in [0.3, 0.4) is 0 Å². The molecule has 6 rings (SSSR count). The summed E-state index contributed by atoms with van der Waals surface area (Å²) >= 11 is 1.48. The maximum atomic E-state index is 13.8. The molecule has 176 valence electrons. The van der Waals surface area contributed by atoms with Crippen LogP contribution in [0.25, 0.3) is 16.9 Å². The van der Waals surface area contributed by atoms with E-state index in [4.69, 9.17) is 4.98 Å². The lowest BCUT2D eigenvalue weighted by atomic mass is 10.0. The summed E-state index contributed by atoms with van der Waals surface area (Å²) in [7, 11) is 0. The molecule has 1 amide bonds. The van der Waals surface area contributed by atoms with Crippen molar-refractivity contribution in [3.05, 3.63) is 127 Å². The van der Waals surface area contributed by atoms with E-state index in [0.29, 0.717) is 0 Å². The third-order valence-corrected chi connectivity index (χ3v) is 7.45. The number of aryl methyl sites for hydroxylation is 2. The zero-order valence-electron chi connectivity index (χ0n) is 19.7. The van der Waals surface area contributed by atoms with Crippen LogP contribution in [-0.4, -0.2) is 21.2 Å². The van der Waals surface area contributed by atoms with Gasteiger partial charge in [-0.25, -0.2) is 4.98 Å². The number of nitrogens with zero attached hydrogens (tertiary/aromatic N) is 3. The van der Waals surface area contributed by atoms with E-state index >= 15 is 0 Å². The topological polar surface area (TPSA) is 38.1 Å². The SMILES string of the molecule is O=C(CSc1ncc(-c2ccccc2)n1-c1ccccc1)N1c2ccccc2CCc2ccccc21. The third kappa shape index (κ3) is 4.23. The highest BCUT2D eigenvalue weighted by Gasteiger charge is 2.26. The molecule has 0 unspecified atom stereocenters. The Labute approximate surface area is 215 Å². The number of amides is 1. The first kappa shape index (κ1) is 22.4. The fraction of sp³-hybridized carbons (Fsp3) is 0.0968. The van der Waals surface area contributed by atoms with Crippen LogP contribution >= 0.6 is 11.8 Å². The van der Waals surface area contributed by atoms with Crippen molar-refractivity contribution in [2.24, 2.45) is 0 Å². The highest BCUT2D eigenvalue weighted by atomic mass is 32.2. The Morgan fingerprint density at radius 2 is 1.28 bits per heavy atom. The Morgan fingerprint density at radius 3 is 1.92 bits per heavy atom. The lowest BCUT2D eigenvalue weighted by Crippen LogP contribution is -2.28. The number of thioether (sulfide) groups is 1. The molecule has 1 aliphatic heterocycles. The number of aromatic nitrogens is 2. The molecule has 0 spiro atoms. The largest absolute Gasteiger partial charge is 0.287 e. The van der Waals surface area contributed by atoms with Gasteiger partial charge in [0.2, 0.25) is 5.91 Å². The number of para-hydroxylation sites is 3. The van der Waals surface area contributed by atoms with Crippen LogP contribution < -0.4 is 4.90 Å². The van der Waals surface area contributed by atoms with Gasteiger partial charge in [0.25, 0.3) is 0 Å². The van der Waals surface area contributed by atoms with Crippen molar-refractivity contribution in [2.75, 3.05) is 10.7 Å². The second-order valence-electron chi connectivity index (χ2n) is 8.74. The van der Waals surface area contributed by atoms with Crippen molar-refractivity contribution >= 4 is 29.0 Å². The van der Waals surface area contributed by atoms with E-state index in [1.807, 2.05) is 71.8 Å². The molecule has 0 fully saturated rings. The van der Waals surface area contributed by atoms with E-state index in [9.17, 15) is 4.79 Å². The van der Waals surface area contributed by atoms with Crippen molar-refractivity contribution in [1.29, 1.82) is 0 Å². The number of fused-ring (bicyclic) bond motifs is 2. The molecule has 1 aliphatic rings. The molecule has 4 nitrogen and oxygen atoms in total. The predicted molar refractivity (Wildman–Crippen MR) is 147 cm³/mol. The van der Waals surface area contributed by atoms with Crippen LogP contribution in [0.4, 0.5) is 11.4 Å². The predicted octanol–water partition coefficient (Wildman–Crippen LogP) is 7.09. The molecule has 2 heterocycles. The van der Waals surface area contributed by atoms with Crippen LogP contribution in [0.1, 0.15) is 11.1 Å². The van der Waals surface area contributed by atoms with Crippen molar-refractivity contribution in [3.63, 3.8) is 0 Å². The van der Waals surface area contributed by atoms with Gasteiger partial charge in [-0.3, -0.25) is 14.3 Å². The zero-order chi connectivity index (χ0) is 24.3. The quantitative estimate of drug-likeness (QED) is 0.248. The molecule has 0 atom stereocenters. The number of carbonyl (C=O) groups excluding carboxylic acids is 1. The smallest absolute Gasteiger partial charge is 0.242 e. The molecule has 4 aromatic carbocycles. The molecular formula is C31H25N3OS. The number of carbonyl (C=O) groups is 1. The molecular weight excluding hydrogens is 462 g/mol. The van der Waals surface area contributed by atoms with Gasteiger partial charge in [-0.1, -0.05) is 96.7 Å². The van der Waals surface area contributed by atoms with E-state index in [1.165, 1.54) is 22.9 Å². The minimum Gasteiger partial charge on any atom is -0.287 e. The number of benzene rings is 4. The molecule has 1 aromatic heterocycles. The lowest BCUT2D eigenvalue weighted by Gasteiger charge is -2.25. The summed E-state index contributed by atoms with van der Waals surface area (Å²) in [4.78, 5) is 20.5. The van der Waals surface area contributed by atoms with Crippen LogP contribution in [0.5, 0.6) is 0 Å². The summed E-state index contributed by atoms with van der Waals surface area (Å²) in [5.74, 6) is 0.325. The molecule has 5 aromatic rings. The van der Waals surface area contributed by atoms with Crippen molar-refractivity contribution in [2.45, 2.75) is 18.0 Å². The zero-order valence-corrected chi connectivity index (χ0v) is 20.6. The highest BCUT2D eigenvalue weighted by Crippen LogP contribution is 2.37. The van der Waals surface area contributed by atoms with Gasteiger partial charge in [0.15, 0.2) is 5.16 Å². The summed E-state index contributed by atoms with van der Waals surface area (Å²) < 4.78 is 2.14. The second-order valence-corrected chi connectivity index (χ2v) is 9.68. The van der Waals surface area contributed by atoms with Gasteiger partial charge in [-0.05, 0) is 48.2 Å². The molecule has 0 bridgehead atoms. The average Bonchev–Trinajstić information content (AvgIpc) is 3.29. The normalized spacial score (nSPS) is 12.5. The number of anilines is 2. The molecule has 0 radical (unpaired) electrons. The second kappa shape index (κ2) is 9.88. The molecule has 36 heavy (non-hydrogen) atoms. The standard InChI is InChI=1S/C31H25N3OS/c35-30(34-27-17-9-7-13-24(27)19-20-25-14-8-10-18-28(25)34)22-36-31-32-21-29(23-11-3-1-4-12-23)33(31)26-15-5-2-6-16-26/h1-18,21H,19-20,22H2. The van der Waals surface area contributed by atoms with Gasteiger partial charge in [-0.15, -0.1) is 0 Å². The summed E-state index contributed by atoms with van der Waals surface area (Å²) in [5, 5.41) is 0.796. The fourth-order valence-corrected chi connectivity index (χ4v) is 5.66. The van der Waals surface area contributed by atoms with E-state index in [2.05, 4.69) is 53.1 Å². The van der Waals surface area contributed by atoms with Gasteiger partial charge in [-0.2, -0.15) is 0 Å². The number of imidazole rings is 1. The fourth-order valence-electron chi connectivity index (χ4n) is 4.82. The van der Waals surface area contributed by atoms with Crippen LogP contribution in [0.2, 0.25) is 0 Å². The van der Waals surface area contributed by atoms with E-state index in [-0.39, 0.29) is 11.7 Å². The minimum absolute atomic E-state index is 0.0469. The molecule has 0 aliphatic carbocycles. The monoisotopic (exact) mass is 487 g/mol. The number of hydrogen-bond donors (Lipinski definition) is 0. The average molecular weight is 488 g/mol. The lowest BCUT2D eigenvalue weighted by molar-refractivity contribution is -0.115. The van der Waals surface area contributed by atoms with Gasteiger partial charge in [0.05, 0.1) is 29.0 Å². The van der Waals surface area contributed by atoms with Gasteiger partial charge in [0.1, 0.15) is 0 Å². The Bertz CT molecular complexity index is 1460. The summed E-state index contributed by atoms with van der Waals surface area (Å²) in [6.45, 7) is 0. The summed E-state index contributed by atoms with van der Waals surface area (Å²) in [6.07, 6.45) is 3.73. The first-order chi connectivity index (χ1) is 17.8. The van der Waals surface area contributed by atoms with Crippen molar-refractivity contribution in [3.8, 4) is 16.9 Å². The van der Waals surface area contributed by atoms with Crippen LogP contribution in [0, 0.1) is 0 Å². The first-order valence-electron chi connectivity index (χ1n) is 12.1. The van der Waals surface area contributed by atoms with Gasteiger partial charge in [0, 0.05) is 11.3 Å².